The van der Waals surface area contributed by atoms with Gasteiger partial charge in [0.25, 0.3) is 0 Å². The van der Waals surface area contributed by atoms with E-state index in [1.807, 2.05) is 6.07 Å². The lowest BCUT2D eigenvalue weighted by Crippen LogP contribution is -2.16. The molecule has 0 saturated heterocycles. The van der Waals surface area contributed by atoms with Gasteiger partial charge in [-0.25, -0.2) is 4.57 Å². The minimum Gasteiger partial charge on any atom is -0.322 e. The van der Waals surface area contributed by atoms with Crippen LogP contribution in [0.4, 0.5) is 0 Å². The van der Waals surface area contributed by atoms with Crippen molar-refractivity contribution in [1.29, 1.82) is 0 Å². The van der Waals surface area contributed by atoms with Crippen LogP contribution in [0.25, 0.3) is 0 Å². The summed E-state index contributed by atoms with van der Waals surface area (Å²) < 4.78 is 14.7. The molecule has 0 aliphatic heterocycles. The summed E-state index contributed by atoms with van der Waals surface area (Å²) in [7, 11) is -4.42. The van der Waals surface area contributed by atoms with E-state index in [1.165, 1.54) is 0 Å². The number of hydrogen-bond donors (Lipinski definition) is 3. The molecule has 14 heavy (non-hydrogen) atoms. The van der Waals surface area contributed by atoms with Gasteiger partial charge in [0.15, 0.2) is 0 Å². The van der Waals surface area contributed by atoms with Gasteiger partial charge in [-0.2, -0.15) is 0 Å². The summed E-state index contributed by atoms with van der Waals surface area (Å²) in [6.07, 6.45) is 0. The second-order valence-electron chi connectivity index (χ2n) is 2.80. The van der Waals surface area contributed by atoms with Crippen molar-refractivity contribution in [2.24, 2.45) is 5.73 Å². The average Bonchev–Trinajstić information content (AvgIpc) is 2.14. The topological polar surface area (TPSA) is 92.8 Å². The van der Waals surface area contributed by atoms with Crippen molar-refractivity contribution >= 4 is 7.82 Å². The van der Waals surface area contributed by atoms with Crippen molar-refractivity contribution < 1.29 is 18.9 Å². The van der Waals surface area contributed by atoms with Crippen molar-refractivity contribution in [3.63, 3.8) is 0 Å². The average molecular weight is 217 g/mol. The Morgan fingerprint density at radius 1 is 1.36 bits per heavy atom. The first-order chi connectivity index (χ1) is 6.49. The highest BCUT2D eigenvalue weighted by atomic mass is 31.2. The fourth-order valence-corrected chi connectivity index (χ4v) is 1.33. The largest absolute Gasteiger partial charge is 0.469 e. The van der Waals surface area contributed by atoms with E-state index in [-0.39, 0.29) is 6.61 Å². The molecule has 78 valence electrons. The van der Waals surface area contributed by atoms with Gasteiger partial charge in [0.05, 0.1) is 12.6 Å². The predicted molar refractivity (Wildman–Crippen MR) is 51.4 cm³/mol. The molecule has 0 radical (unpaired) electrons. The molecule has 1 aromatic carbocycles. The fourth-order valence-electron chi connectivity index (χ4n) is 0.974. The lowest BCUT2D eigenvalue weighted by atomic mass is 10.1. The maximum Gasteiger partial charge on any atom is 0.469 e. The molecule has 0 amide bonds. The summed E-state index contributed by atoms with van der Waals surface area (Å²) in [6, 6.07) is 8.45. The number of nitrogens with two attached hydrogens (primary N) is 1. The number of phosphoric ester groups is 1. The van der Waals surface area contributed by atoms with Gasteiger partial charge in [-0.1, -0.05) is 30.3 Å². The van der Waals surface area contributed by atoms with Gasteiger partial charge in [0.2, 0.25) is 0 Å². The number of rotatable bonds is 4. The molecule has 5 nitrogen and oxygen atoms in total. The van der Waals surface area contributed by atoms with E-state index < -0.39 is 13.9 Å². The zero-order valence-electron chi connectivity index (χ0n) is 7.41. The van der Waals surface area contributed by atoms with Gasteiger partial charge in [0, 0.05) is 0 Å². The first kappa shape index (κ1) is 11.4. The minimum absolute atomic E-state index is 0.200. The molecule has 4 N–H and O–H groups in total. The first-order valence-electron chi connectivity index (χ1n) is 3.99. The molecular weight excluding hydrogens is 205 g/mol. The van der Waals surface area contributed by atoms with Crippen molar-refractivity contribution in [3.8, 4) is 0 Å². The van der Waals surface area contributed by atoms with E-state index in [9.17, 15) is 4.57 Å². The summed E-state index contributed by atoms with van der Waals surface area (Å²) in [5.41, 5.74) is 6.41. The highest BCUT2D eigenvalue weighted by Gasteiger charge is 2.16. The molecule has 0 bridgehead atoms. The van der Waals surface area contributed by atoms with Crippen LogP contribution in [-0.2, 0) is 9.09 Å². The fraction of sp³-hybridized carbons (Fsp3) is 0.250. The lowest BCUT2D eigenvalue weighted by molar-refractivity contribution is 0.186. The summed E-state index contributed by atoms with van der Waals surface area (Å²) >= 11 is 0. The number of hydrogen-bond acceptors (Lipinski definition) is 3. The van der Waals surface area contributed by atoms with E-state index in [4.69, 9.17) is 15.5 Å². The normalized spacial score (nSPS) is 13.9. The molecule has 1 unspecified atom stereocenters. The molecule has 0 aromatic heterocycles. The Bertz CT molecular complexity index is 323. The van der Waals surface area contributed by atoms with Crippen LogP contribution < -0.4 is 5.73 Å². The molecule has 0 aliphatic rings. The summed E-state index contributed by atoms with van der Waals surface area (Å²) in [5.74, 6) is 0. The number of benzene rings is 1. The van der Waals surface area contributed by atoms with Crippen LogP contribution in [0.15, 0.2) is 30.3 Å². The Kier molecular flexibility index (Phi) is 3.80. The third-order valence-electron chi connectivity index (χ3n) is 1.65. The lowest BCUT2D eigenvalue weighted by Gasteiger charge is -2.12. The molecule has 0 spiro atoms. The summed E-state index contributed by atoms with van der Waals surface area (Å²) in [4.78, 5) is 16.9. The second kappa shape index (κ2) is 4.68. The van der Waals surface area contributed by atoms with Crippen LogP contribution >= 0.6 is 7.82 Å². The monoisotopic (exact) mass is 217 g/mol. The molecule has 1 atom stereocenters. The molecule has 1 rings (SSSR count). The van der Waals surface area contributed by atoms with Crippen LogP contribution in [0.2, 0.25) is 0 Å². The highest BCUT2D eigenvalue weighted by molar-refractivity contribution is 7.46. The van der Waals surface area contributed by atoms with E-state index in [0.717, 1.165) is 5.56 Å². The molecule has 0 aliphatic carbocycles. The van der Waals surface area contributed by atoms with E-state index >= 15 is 0 Å². The van der Waals surface area contributed by atoms with Gasteiger partial charge in [-0.15, -0.1) is 0 Å². The Morgan fingerprint density at radius 3 is 2.43 bits per heavy atom. The zero-order valence-corrected chi connectivity index (χ0v) is 8.30. The van der Waals surface area contributed by atoms with Crippen LogP contribution in [0.3, 0.4) is 0 Å². The third-order valence-corrected chi connectivity index (χ3v) is 2.14. The first-order valence-corrected chi connectivity index (χ1v) is 5.53. The van der Waals surface area contributed by atoms with E-state index in [0.29, 0.717) is 0 Å². The molecule has 0 fully saturated rings. The van der Waals surface area contributed by atoms with Crippen LogP contribution in [0, 0.1) is 0 Å². The van der Waals surface area contributed by atoms with E-state index in [2.05, 4.69) is 4.52 Å². The van der Waals surface area contributed by atoms with Crippen LogP contribution in [-0.4, -0.2) is 16.4 Å². The van der Waals surface area contributed by atoms with E-state index in [1.54, 1.807) is 24.3 Å². The van der Waals surface area contributed by atoms with Gasteiger partial charge < -0.3 is 15.5 Å². The number of phosphoric acid groups is 1. The van der Waals surface area contributed by atoms with Gasteiger partial charge in [0.1, 0.15) is 0 Å². The van der Waals surface area contributed by atoms with Crippen molar-refractivity contribution in [3.05, 3.63) is 35.9 Å². The Balaban J connectivity index is 2.52. The second-order valence-corrected chi connectivity index (χ2v) is 4.04. The predicted octanol–water partition coefficient (Wildman–Crippen LogP) is 0.796. The third kappa shape index (κ3) is 4.00. The highest BCUT2D eigenvalue weighted by Crippen LogP contribution is 2.36. The van der Waals surface area contributed by atoms with Crippen LogP contribution in [0.5, 0.6) is 0 Å². The molecule has 1 aromatic rings. The summed E-state index contributed by atoms with van der Waals surface area (Å²) in [5, 5.41) is 0. The molecular formula is C8H12NO4P. The SMILES string of the molecule is NC(COP(=O)(O)O)c1ccccc1. The Hall–Kier alpha value is -0.710. The Labute approximate surface area is 81.8 Å². The maximum absolute atomic E-state index is 10.4. The van der Waals surface area contributed by atoms with Crippen LogP contribution in [0.1, 0.15) is 11.6 Å². The standard InChI is InChI=1S/C8H12NO4P/c9-8(6-13-14(10,11)12)7-4-2-1-3-5-7/h1-5,8H,6,9H2,(H2,10,11,12). The smallest absolute Gasteiger partial charge is 0.322 e. The Morgan fingerprint density at radius 2 is 1.93 bits per heavy atom. The molecule has 0 saturated carbocycles. The van der Waals surface area contributed by atoms with Gasteiger partial charge in [-0.05, 0) is 5.56 Å². The maximum atomic E-state index is 10.4. The molecule has 0 heterocycles. The van der Waals surface area contributed by atoms with Crippen molar-refractivity contribution in [1.82, 2.24) is 0 Å². The quantitative estimate of drug-likeness (QED) is 0.648. The summed E-state index contributed by atoms with van der Waals surface area (Å²) in [6.45, 7) is -0.200. The van der Waals surface area contributed by atoms with Crippen molar-refractivity contribution in [2.45, 2.75) is 6.04 Å². The van der Waals surface area contributed by atoms with Gasteiger partial charge in [-0.3, -0.25) is 4.52 Å². The van der Waals surface area contributed by atoms with Gasteiger partial charge >= 0.3 is 7.82 Å². The zero-order chi connectivity index (χ0) is 10.6. The molecule has 6 heteroatoms. The minimum atomic E-state index is -4.42. The van der Waals surface area contributed by atoms with Crippen molar-refractivity contribution in [2.75, 3.05) is 6.61 Å².